The van der Waals surface area contributed by atoms with E-state index in [4.69, 9.17) is 0 Å². The van der Waals surface area contributed by atoms with Crippen LogP contribution in [0.1, 0.15) is 21.5 Å². The zero-order chi connectivity index (χ0) is 13.3. The molecule has 2 aromatic rings. The maximum absolute atomic E-state index is 13.6. The van der Waals surface area contributed by atoms with Crippen LogP contribution in [0.3, 0.4) is 0 Å². The Morgan fingerprint density at radius 3 is 2.28 bits per heavy atom. The van der Waals surface area contributed by atoms with Gasteiger partial charge in [0.1, 0.15) is 11.6 Å². The molecule has 0 radical (unpaired) electrons. The number of benzene rings is 2. The van der Waals surface area contributed by atoms with Gasteiger partial charge in [-0.15, -0.1) is 0 Å². The van der Waals surface area contributed by atoms with Crippen molar-refractivity contribution in [3.63, 3.8) is 0 Å². The molecule has 0 spiro atoms. The quantitative estimate of drug-likeness (QED) is 0.757. The maximum atomic E-state index is 13.6. The molecule has 4 heteroatoms. The van der Waals surface area contributed by atoms with Crippen LogP contribution in [0, 0.1) is 18.6 Å². The Morgan fingerprint density at radius 1 is 1.06 bits per heavy atom. The minimum absolute atomic E-state index is 0.180. The lowest BCUT2D eigenvalue weighted by atomic mass is 10.0. The molecule has 0 heterocycles. The van der Waals surface area contributed by atoms with Gasteiger partial charge in [-0.05, 0) is 48.9 Å². The highest BCUT2D eigenvalue weighted by Crippen LogP contribution is 2.19. The van der Waals surface area contributed by atoms with E-state index in [-0.39, 0.29) is 11.1 Å². The van der Waals surface area contributed by atoms with Crippen molar-refractivity contribution in [2.75, 3.05) is 0 Å². The van der Waals surface area contributed by atoms with E-state index < -0.39 is 17.4 Å². The summed E-state index contributed by atoms with van der Waals surface area (Å²) in [6.07, 6.45) is 0. The van der Waals surface area contributed by atoms with Gasteiger partial charge in [0.15, 0.2) is 5.78 Å². The van der Waals surface area contributed by atoms with Gasteiger partial charge >= 0.3 is 0 Å². The summed E-state index contributed by atoms with van der Waals surface area (Å²) in [4.78, 5) is 12.0. The third kappa shape index (κ3) is 2.48. The van der Waals surface area contributed by atoms with Crippen LogP contribution in [-0.2, 0) is 0 Å². The summed E-state index contributed by atoms with van der Waals surface area (Å²) in [5.74, 6) is -1.82. The Balaban J connectivity index is 2.46. The Kier molecular flexibility index (Phi) is 3.57. The van der Waals surface area contributed by atoms with Gasteiger partial charge in [-0.1, -0.05) is 15.9 Å². The van der Waals surface area contributed by atoms with Crippen molar-refractivity contribution in [2.24, 2.45) is 0 Å². The molecule has 2 rings (SSSR count). The van der Waals surface area contributed by atoms with Crippen LogP contribution in [0.25, 0.3) is 0 Å². The average Bonchev–Trinajstić information content (AvgIpc) is 2.34. The van der Waals surface area contributed by atoms with Gasteiger partial charge in [0.25, 0.3) is 0 Å². The van der Waals surface area contributed by atoms with Gasteiger partial charge in [-0.25, -0.2) is 8.78 Å². The Bertz CT molecular complexity index is 606. The fraction of sp³-hybridized carbons (Fsp3) is 0.0714. The number of hydrogen-bond donors (Lipinski definition) is 0. The lowest BCUT2D eigenvalue weighted by Crippen LogP contribution is -2.05. The van der Waals surface area contributed by atoms with Gasteiger partial charge in [0.2, 0.25) is 0 Å². The Labute approximate surface area is 112 Å². The van der Waals surface area contributed by atoms with Gasteiger partial charge in [0, 0.05) is 10.0 Å². The number of carbonyl (C=O) groups excluding carboxylic acids is 1. The number of halogens is 3. The van der Waals surface area contributed by atoms with Gasteiger partial charge in [0.05, 0.1) is 5.56 Å². The summed E-state index contributed by atoms with van der Waals surface area (Å²) in [5.41, 5.74) is 0.251. The second kappa shape index (κ2) is 4.98. The van der Waals surface area contributed by atoms with E-state index >= 15 is 0 Å². The predicted molar refractivity (Wildman–Crippen MR) is 68.7 cm³/mol. The third-order valence-corrected chi connectivity index (χ3v) is 3.13. The Hall–Kier alpha value is -1.55. The zero-order valence-electron chi connectivity index (χ0n) is 9.51. The van der Waals surface area contributed by atoms with Gasteiger partial charge < -0.3 is 0 Å². The standard InChI is InChI=1S/C14H9BrF2O/c1-8-6-13(17)11(7-12(8)16)14(18)9-2-4-10(15)5-3-9/h2-7H,1H3. The summed E-state index contributed by atoms with van der Waals surface area (Å²) in [6.45, 7) is 1.45. The summed E-state index contributed by atoms with van der Waals surface area (Å²) < 4.78 is 27.8. The van der Waals surface area contributed by atoms with Crippen molar-refractivity contribution in [1.29, 1.82) is 0 Å². The van der Waals surface area contributed by atoms with Crippen LogP contribution < -0.4 is 0 Å². The molecule has 0 saturated heterocycles. The molecule has 2 aromatic carbocycles. The molecule has 0 amide bonds. The van der Waals surface area contributed by atoms with Gasteiger partial charge in [-0.3, -0.25) is 4.79 Å². The molecule has 0 fully saturated rings. The van der Waals surface area contributed by atoms with E-state index in [1.807, 2.05) is 0 Å². The van der Waals surface area contributed by atoms with Crippen molar-refractivity contribution >= 4 is 21.7 Å². The molecule has 0 aromatic heterocycles. The van der Waals surface area contributed by atoms with E-state index in [1.165, 1.54) is 6.92 Å². The molecule has 0 bridgehead atoms. The smallest absolute Gasteiger partial charge is 0.196 e. The van der Waals surface area contributed by atoms with Crippen LogP contribution in [0.5, 0.6) is 0 Å². The highest BCUT2D eigenvalue weighted by Gasteiger charge is 2.16. The molecule has 0 aliphatic carbocycles. The van der Waals surface area contributed by atoms with E-state index in [2.05, 4.69) is 15.9 Å². The SMILES string of the molecule is Cc1cc(F)c(C(=O)c2ccc(Br)cc2)cc1F. The highest BCUT2D eigenvalue weighted by atomic mass is 79.9. The minimum Gasteiger partial charge on any atom is -0.288 e. The predicted octanol–water partition coefficient (Wildman–Crippen LogP) is 4.27. The van der Waals surface area contributed by atoms with Crippen molar-refractivity contribution in [1.82, 2.24) is 0 Å². The van der Waals surface area contributed by atoms with Crippen LogP contribution in [-0.4, -0.2) is 5.78 Å². The molecule has 1 nitrogen and oxygen atoms in total. The van der Waals surface area contributed by atoms with Gasteiger partial charge in [-0.2, -0.15) is 0 Å². The molecular formula is C14H9BrF2O. The van der Waals surface area contributed by atoms with E-state index in [0.29, 0.717) is 5.56 Å². The van der Waals surface area contributed by atoms with Crippen LogP contribution in [0.15, 0.2) is 40.9 Å². The molecule has 0 atom stereocenters. The molecule has 0 N–H and O–H groups in total. The molecule has 0 unspecified atom stereocenters. The summed E-state index contributed by atoms with van der Waals surface area (Å²) in [6, 6.07) is 8.44. The fourth-order valence-corrected chi connectivity index (χ4v) is 1.84. The normalized spacial score (nSPS) is 10.4. The lowest BCUT2D eigenvalue weighted by molar-refractivity contribution is 0.103. The lowest BCUT2D eigenvalue weighted by Gasteiger charge is -2.05. The van der Waals surface area contributed by atoms with Crippen LogP contribution in [0.2, 0.25) is 0 Å². The van der Waals surface area contributed by atoms with Crippen molar-refractivity contribution < 1.29 is 13.6 Å². The number of rotatable bonds is 2. The minimum atomic E-state index is -0.707. The summed E-state index contributed by atoms with van der Waals surface area (Å²) in [5, 5.41) is 0. The first-order valence-corrected chi connectivity index (χ1v) is 6.04. The second-order valence-corrected chi connectivity index (χ2v) is 4.83. The summed E-state index contributed by atoms with van der Waals surface area (Å²) in [7, 11) is 0. The molecule has 18 heavy (non-hydrogen) atoms. The first-order valence-electron chi connectivity index (χ1n) is 5.25. The van der Waals surface area contributed by atoms with Crippen LogP contribution >= 0.6 is 15.9 Å². The average molecular weight is 311 g/mol. The highest BCUT2D eigenvalue weighted by molar-refractivity contribution is 9.10. The number of hydrogen-bond acceptors (Lipinski definition) is 1. The molecule has 92 valence electrons. The van der Waals surface area contributed by atoms with Crippen molar-refractivity contribution in [3.8, 4) is 0 Å². The Morgan fingerprint density at radius 2 is 1.67 bits per heavy atom. The largest absolute Gasteiger partial charge is 0.288 e. The van der Waals surface area contributed by atoms with Crippen LogP contribution in [0.4, 0.5) is 8.78 Å². The number of ketones is 1. The first kappa shape index (κ1) is 12.9. The van der Waals surface area contributed by atoms with E-state index in [0.717, 1.165) is 16.6 Å². The number of aryl methyl sites for hydroxylation is 1. The molecule has 0 aliphatic heterocycles. The first-order chi connectivity index (χ1) is 8.49. The van der Waals surface area contributed by atoms with E-state index in [9.17, 15) is 13.6 Å². The third-order valence-electron chi connectivity index (χ3n) is 2.60. The summed E-state index contributed by atoms with van der Waals surface area (Å²) >= 11 is 3.24. The maximum Gasteiger partial charge on any atom is 0.196 e. The monoisotopic (exact) mass is 310 g/mol. The van der Waals surface area contributed by atoms with Crippen molar-refractivity contribution in [2.45, 2.75) is 6.92 Å². The second-order valence-electron chi connectivity index (χ2n) is 3.92. The number of carbonyl (C=O) groups is 1. The van der Waals surface area contributed by atoms with E-state index in [1.54, 1.807) is 24.3 Å². The molecular weight excluding hydrogens is 302 g/mol. The van der Waals surface area contributed by atoms with Crippen molar-refractivity contribution in [3.05, 3.63) is 69.2 Å². The molecule has 0 saturated carbocycles. The fourth-order valence-electron chi connectivity index (χ4n) is 1.58. The molecule has 0 aliphatic rings. The topological polar surface area (TPSA) is 17.1 Å². The zero-order valence-corrected chi connectivity index (χ0v) is 11.1.